The molecular weight excluding hydrogens is 266 g/mol. The minimum atomic E-state index is -0.765. The lowest BCUT2D eigenvalue weighted by Crippen LogP contribution is -1.93. The molecule has 0 saturated heterocycles. The molecule has 0 fully saturated rings. The Morgan fingerprint density at radius 2 is 1.33 bits per heavy atom. The number of benzene rings is 2. The average Bonchev–Trinajstić information content (AvgIpc) is 2.37. The van der Waals surface area contributed by atoms with Crippen LogP contribution < -0.4 is 0 Å². The zero-order valence-electron chi connectivity index (χ0n) is 12.1. The normalized spacial score (nSPS) is 9.71. The smallest absolute Gasteiger partial charge is 0.143 e. The van der Waals surface area contributed by atoms with Crippen LogP contribution in [0.2, 0.25) is 0 Å². The molecule has 0 nitrogen and oxygen atoms in total. The van der Waals surface area contributed by atoms with Crippen molar-refractivity contribution in [3.05, 3.63) is 69.3 Å². The van der Waals surface area contributed by atoms with Gasteiger partial charge >= 0.3 is 0 Å². The highest BCUT2D eigenvalue weighted by atomic mass is 19.1. The van der Waals surface area contributed by atoms with Gasteiger partial charge in [-0.05, 0) is 44.0 Å². The highest BCUT2D eigenvalue weighted by Gasteiger charge is 2.08. The molecule has 0 saturated carbocycles. The van der Waals surface area contributed by atoms with Crippen molar-refractivity contribution in [1.82, 2.24) is 0 Å². The first-order chi connectivity index (χ1) is 9.92. The molecule has 0 atom stereocenters. The van der Waals surface area contributed by atoms with Crippen LogP contribution in [0.15, 0.2) is 24.3 Å². The molecule has 21 heavy (non-hydrogen) atoms. The van der Waals surface area contributed by atoms with Gasteiger partial charge in [-0.15, -0.1) is 6.42 Å². The SMILES string of the molecule is C#Cc1c(F)cc(C#Cc2c(C)cc(C)cc2C)cc1F. The van der Waals surface area contributed by atoms with E-state index in [1.165, 1.54) is 0 Å². The molecule has 2 aromatic rings. The van der Waals surface area contributed by atoms with E-state index in [2.05, 4.69) is 11.8 Å². The van der Waals surface area contributed by atoms with E-state index in [9.17, 15) is 8.78 Å². The molecule has 2 heteroatoms. The van der Waals surface area contributed by atoms with Gasteiger partial charge in [-0.25, -0.2) is 8.78 Å². The molecule has 0 aromatic heterocycles. The Morgan fingerprint density at radius 1 is 0.810 bits per heavy atom. The van der Waals surface area contributed by atoms with Crippen LogP contribution in [-0.4, -0.2) is 0 Å². The summed E-state index contributed by atoms with van der Waals surface area (Å²) in [5.41, 5.74) is 4.03. The number of terminal acetylenes is 1. The molecule has 0 aliphatic rings. The Labute approximate surface area is 123 Å². The summed E-state index contributed by atoms with van der Waals surface area (Å²) >= 11 is 0. The Hall–Kier alpha value is -2.58. The Morgan fingerprint density at radius 3 is 1.81 bits per heavy atom. The van der Waals surface area contributed by atoms with Gasteiger partial charge in [-0.3, -0.25) is 0 Å². The third kappa shape index (κ3) is 3.12. The Balaban J connectivity index is 2.48. The standard InChI is InChI=1S/C19H14F2/c1-5-16-18(20)10-15(11-19(16)21)6-7-17-13(3)8-12(2)9-14(17)4/h1,8-11H,2-4H3. The van der Waals surface area contributed by atoms with E-state index >= 15 is 0 Å². The van der Waals surface area contributed by atoms with E-state index in [-0.39, 0.29) is 11.1 Å². The zero-order chi connectivity index (χ0) is 15.6. The highest BCUT2D eigenvalue weighted by molar-refractivity contribution is 5.52. The third-order valence-corrected chi connectivity index (χ3v) is 3.20. The van der Waals surface area contributed by atoms with E-state index in [4.69, 9.17) is 6.42 Å². The highest BCUT2D eigenvalue weighted by Crippen LogP contribution is 2.17. The van der Waals surface area contributed by atoms with Crippen molar-refractivity contribution < 1.29 is 8.78 Å². The van der Waals surface area contributed by atoms with Gasteiger partial charge in [0.2, 0.25) is 0 Å². The first kappa shape index (κ1) is 14.8. The van der Waals surface area contributed by atoms with E-state index in [1.54, 1.807) is 0 Å². The lowest BCUT2D eigenvalue weighted by Gasteiger charge is -2.05. The lowest BCUT2D eigenvalue weighted by molar-refractivity contribution is 0.577. The molecular formula is C19H14F2. The van der Waals surface area contributed by atoms with Gasteiger partial charge < -0.3 is 0 Å². The average molecular weight is 280 g/mol. The van der Waals surface area contributed by atoms with Crippen LogP contribution in [0.25, 0.3) is 0 Å². The zero-order valence-corrected chi connectivity index (χ0v) is 12.1. The Bertz CT molecular complexity index is 766. The third-order valence-electron chi connectivity index (χ3n) is 3.20. The van der Waals surface area contributed by atoms with Crippen LogP contribution in [0.3, 0.4) is 0 Å². The second-order valence-electron chi connectivity index (χ2n) is 4.98. The molecule has 104 valence electrons. The summed E-state index contributed by atoms with van der Waals surface area (Å²) in [4.78, 5) is 0. The van der Waals surface area contributed by atoms with Crippen LogP contribution in [0.5, 0.6) is 0 Å². The fourth-order valence-electron chi connectivity index (χ4n) is 2.30. The molecule has 0 aliphatic heterocycles. The fraction of sp³-hybridized carbons (Fsp3) is 0.158. The largest absolute Gasteiger partial charge is 0.205 e. The molecule has 0 spiro atoms. The lowest BCUT2D eigenvalue weighted by atomic mass is 10.00. The predicted molar refractivity (Wildman–Crippen MR) is 80.9 cm³/mol. The summed E-state index contributed by atoms with van der Waals surface area (Å²) in [6, 6.07) is 6.37. The monoisotopic (exact) mass is 280 g/mol. The minimum absolute atomic E-state index is 0.267. The number of hydrogen-bond donors (Lipinski definition) is 0. The van der Waals surface area contributed by atoms with Gasteiger partial charge in [-0.1, -0.05) is 35.5 Å². The van der Waals surface area contributed by atoms with Crippen molar-refractivity contribution in [2.24, 2.45) is 0 Å². The molecule has 0 aliphatic carbocycles. The van der Waals surface area contributed by atoms with Gasteiger partial charge in [0.15, 0.2) is 0 Å². The molecule has 0 heterocycles. The van der Waals surface area contributed by atoms with E-state index in [0.717, 1.165) is 34.4 Å². The second-order valence-corrected chi connectivity index (χ2v) is 4.98. The van der Waals surface area contributed by atoms with E-state index < -0.39 is 11.6 Å². The van der Waals surface area contributed by atoms with Crippen molar-refractivity contribution >= 4 is 0 Å². The van der Waals surface area contributed by atoms with Gasteiger partial charge in [-0.2, -0.15) is 0 Å². The quantitative estimate of drug-likeness (QED) is 0.632. The topological polar surface area (TPSA) is 0 Å². The molecule has 0 bridgehead atoms. The fourth-order valence-corrected chi connectivity index (χ4v) is 2.30. The van der Waals surface area contributed by atoms with Crippen molar-refractivity contribution in [3.8, 4) is 24.2 Å². The number of rotatable bonds is 0. The number of aryl methyl sites for hydroxylation is 3. The molecule has 0 amide bonds. The first-order valence-electron chi connectivity index (χ1n) is 6.48. The second kappa shape index (κ2) is 5.81. The van der Waals surface area contributed by atoms with E-state index in [0.29, 0.717) is 0 Å². The summed E-state index contributed by atoms with van der Waals surface area (Å²) in [5, 5.41) is 0. The molecule has 2 rings (SSSR count). The summed E-state index contributed by atoms with van der Waals surface area (Å²) in [7, 11) is 0. The van der Waals surface area contributed by atoms with Crippen LogP contribution >= 0.6 is 0 Å². The summed E-state index contributed by atoms with van der Waals surface area (Å²) in [6.45, 7) is 5.94. The first-order valence-corrected chi connectivity index (χ1v) is 6.48. The van der Waals surface area contributed by atoms with Crippen molar-refractivity contribution in [2.75, 3.05) is 0 Å². The Kier molecular flexibility index (Phi) is 4.10. The molecule has 0 radical (unpaired) electrons. The molecule has 2 aromatic carbocycles. The minimum Gasteiger partial charge on any atom is -0.205 e. The van der Waals surface area contributed by atoms with Crippen molar-refractivity contribution in [1.29, 1.82) is 0 Å². The maximum Gasteiger partial charge on any atom is 0.143 e. The van der Waals surface area contributed by atoms with Crippen LogP contribution in [-0.2, 0) is 0 Å². The van der Waals surface area contributed by atoms with Gasteiger partial charge in [0, 0.05) is 11.1 Å². The number of hydrogen-bond acceptors (Lipinski definition) is 0. The predicted octanol–water partition coefficient (Wildman–Crippen LogP) is 4.27. The molecule has 0 N–H and O–H groups in total. The van der Waals surface area contributed by atoms with Gasteiger partial charge in [0.1, 0.15) is 11.6 Å². The summed E-state index contributed by atoms with van der Waals surface area (Å²) < 4.78 is 27.2. The van der Waals surface area contributed by atoms with E-state index in [1.807, 2.05) is 38.8 Å². The van der Waals surface area contributed by atoms with Crippen LogP contribution in [0.4, 0.5) is 8.78 Å². The maximum atomic E-state index is 13.6. The summed E-state index contributed by atoms with van der Waals surface area (Å²) in [6.07, 6.45) is 5.05. The van der Waals surface area contributed by atoms with Gasteiger partial charge in [0.25, 0.3) is 0 Å². The summed E-state index contributed by atoms with van der Waals surface area (Å²) in [5.74, 6) is 6.24. The maximum absolute atomic E-state index is 13.6. The van der Waals surface area contributed by atoms with Crippen LogP contribution in [0, 0.1) is 56.6 Å². The number of halogens is 2. The van der Waals surface area contributed by atoms with Crippen molar-refractivity contribution in [3.63, 3.8) is 0 Å². The van der Waals surface area contributed by atoms with Gasteiger partial charge in [0.05, 0.1) is 5.56 Å². The van der Waals surface area contributed by atoms with Crippen LogP contribution in [0.1, 0.15) is 33.4 Å². The van der Waals surface area contributed by atoms with Crippen molar-refractivity contribution in [2.45, 2.75) is 20.8 Å². The molecule has 0 unspecified atom stereocenters.